The predicted molar refractivity (Wildman–Crippen MR) is 94.4 cm³/mol. The first-order valence-electron chi connectivity index (χ1n) is 8.20. The molecular weight excluding hydrogens is 344 g/mol. The van der Waals surface area contributed by atoms with E-state index < -0.39 is 6.61 Å². The Morgan fingerprint density at radius 3 is 2.46 bits per heavy atom. The Kier molecular flexibility index (Phi) is 7.20. The van der Waals surface area contributed by atoms with Gasteiger partial charge in [0, 0.05) is 11.3 Å². The second kappa shape index (κ2) is 9.60. The number of carbonyl (C=O) groups excluding carboxylic acids is 1. The molecule has 0 fully saturated rings. The van der Waals surface area contributed by atoms with Crippen LogP contribution in [0.15, 0.2) is 42.5 Å². The fraction of sp³-hybridized carbons (Fsp3) is 0.316. The average Bonchev–Trinajstić information content (AvgIpc) is 2.63. The Labute approximate surface area is 150 Å². The van der Waals surface area contributed by atoms with Gasteiger partial charge in [0.2, 0.25) is 0 Å². The molecule has 1 N–H and O–H groups in total. The van der Waals surface area contributed by atoms with E-state index in [2.05, 4.69) is 17.0 Å². The van der Waals surface area contributed by atoms with Crippen LogP contribution in [0, 0.1) is 0 Å². The standard InChI is InChI=1S/C19H21F2NO4/c1-3-4-11-25-16-10-5-13(12-17(16)24-2)18(23)22-14-6-8-15(9-7-14)26-19(20)21/h5-10,12,19H,3-4,11H2,1-2H3,(H,22,23). The highest BCUT2D eigenvalue weighted by atomic mass is 19.3. The van der Waals surface area contributed by atoms with Crippen molar-refractivity contribution >= 4 is 11.6 Å². The van der Waals surface area contributed by atoms with Gasteiger partial charge < -0.3 is 19.5 Å². The molecule has 0 bridgehead atoms. The summed E-state index contributed by atoms with van der Waals surface area (Å²) in [4.78, 5) is 12.4. The average molecular weight is 365 g/mol. The number of nitrogens with one attached hydrogen (secondary N) is 1. The molecule has 26 heavy (non-hydrogen) atoms. The van der Waals surface area contributed by atoms with Gasteiger partial charge >= 0.3 is 6.61 Å². The smallest absolute Gasteiger partial charge is 0.387 e. The number of halogens is 2. The summed E-state index contributed by atoms with van der Waals surface area (Å²) in [5, 5.41) is 2.68. The molecule has 0 aliphatic carbocycles. The number of hydrogen-bond acceptors (Lipinski definition) is 4. The van der Waals surface area contributed by atoms with Gasteiger partial charge in [-0.2, -0.15) is 8.78 Å². The third kappa shape index (κ3) is 5.61. The molecule has 140 valence electrons. The van der Waals surface area contributed by atoms with Crippen molar-refractivity contribution in [1.82, 2.24) is 0 Å². The minimum absolute atomic E-state index is 0.0215. The Bertz CT molecular complexity index is 720. The number of hydrogen-bond donors (Lipinski definition) is 1. The molecule has 0 radical (unpaired) electrons. The van der Waals surface area contributed by atoms with Crippen molar-refractivity contribution in [2.24, 2.45) is 0 Å². The van der Waals surface area contributed by atoms with Crippen LogP contribution in [0.3, 0.4) is 0 Å². The Morgan fingerprint density at radius 2 is 1.85 bits per heavy atom. The van der Waals surface area contributed by atoms with Gasteiger partial charge in [0.1, 0.15) is 5.75 Å². The molecule has 5 nitrogen and oxygen atoms in total. The van der Waals surface area contributed by atoms with E-state index in [4.69, 9.17) is 9.47 Å². The second-order valence-corrected chi connectivity index (χ2v) is 5.42. The van der Waals surface area contributed by atoms with Crippen molar-refractivity contribution < 1.29 is 27.8 Å². The molecule has 2 aromatic carbocycles. The quantitative estimate of drug-likeness (QED) is 0.653. The Balaban J connectivity index is 2.04. The van der Waals surface area contributed by atoms with Crippen molar-refractivity contribution in [3.05, 3.63) is 48.0 Å². The fourth-order valence-electron chi connectivity index (χ4n) is 2.18. The van der Waals surface area contributed by atoms with Crippen molar-refractivity contribution in [2.45, 2.75) is 26.4 Å². The lowest BCUT2D eigenvalue weighted by atomic mass is 10.1. The third-order valence-corrected chi connectivity index (χ3v) is 3.52. The van der Waals surface area contributed by atoms with Gasteiger partial charge in [0.05, 0.1) is 13.7 Å². The van der Waals surface area contributed by atoms with Crippen LogP contribution in [-0.4, -0.2) is 26.2 Å². The maximum absolute atomic E-state index is 12.4. The largest absolute Gasteiger partial charge is 0.493 e. The summed E-state index contributed by atoms with van der Waals surface area (Å²) in [5.41, 5.74) is 0.844. The summed E-state index contributed by atoms with van der Waals surface area (Å²) in [6.07, 6.45) is 1.95. The van der Waals surface area contributed by atoms with Crippen LogP contribution < -0.4 is 19.5 Å². The highest BCUT2D eigenvalue weighted by molar-refractivity contribution is 6.04. The van der Waals surface area contributed by atoms with Gasteiger partial charge in [0.25, 0.3) is 5.91 Å². The van der Waals surface area contributed by atoms with E-state index in [0.717, 1.165) is 12.8 Å². The van der Waals surface area contributed by atoms with Crippen LogP contribution in [0.4, 0.5) is 14.5 Å². The molecule has 2 aromatic rings. The summed E-state index contributed by atoms with van der Waals surface area (Å²) in [6, 6.07) is 10.6. The van der Waals surface area contributed by atoms with Crippen LogP contribution in [0.5, 0.6) is 17.2 Å². The highest BCUT2D eigenvalue weighted by Gasteiger charge is 2.12. The first-order valence-corrected chi connectivity index (χ1v) is 8.20. The Morgan fingerprint density at radius 1 is 1.12 bits per heavy atom. The summed E-state index contributed by atoms with van der Waals surface area (Å²) in [6.45, 7) is -0.244. The van der Waals surface area contributed by atoms with Crippen LogP contribution in [0.2, 0.25) is 0 Å². The van der Waals surface area contributed by atoms with E-state index >= 15 is 0 Å². The van der Waals surface area contributed by atoms with Gasteiger partial charge in [-0.15, -0.1) is 0 Å². The molecule has 2 rings (SSSR count). The summed E-state index contributed by atoms with van der Waals surface area (Å²) in [5.74, 6) is 0.708. The summed E-state index contributed by atoms with van der Waals surface area (Å²) in [7, 11) is 1.51. The molecule has 0 spiro atoms. The van der Waals surface area contributed by atoms with Crippen molar-refractivity contribution in [1.29, 1.82) is 0 Å². The molecule has 1 amide bonds. The molecule has 0 saturated carbocycles. The van der Waals surface area contributed by atoms with E-state index in [0.29, 0.717) is 29.4 Å². The van der Waals surface area contributed by atoms with Gasteiger partial charge in [-0.25, -0.2) is 0 Å². The van der Waals surface area contributed by atoms with E-state index in [1.165, 1.54) is 31.4 Å². The van der Waals surface area contributed by atoms with E-state index in [1.54, 1.807) is 18.2 Å². The van der Waals surface area contributed by atoms with E-state index in [-0.39, 0.29) is 11.7 Å². The van der Waals surface area contributed by atoms with Gasteiger partial charge in [0.15, 0.2) is 11.5 Å². The molecule has 0 aromatic heterocycles. The Hall–Kier alpha value is -2.83. The minimum Gasteiger partial charge on any atom is -0.493 e. The van der Waals surface area contributed by atoms with Gasteiger partial charge in [-0.05, 0) is 48.9 Å². The van der Waals surface area contributed by atoms with Gasteiger partial charge in [-0.1, -0.05) is 13.3 Å². The van der Waals surface area contributed by atoms with Crippen LogP contribution in [0.1, 0.15) is 30.1 Å². The SMILES string of the molecule is CCCCOc1ccc(C(=O)Nc2ccc(OC(F)F)cc2)cc1OC. The van der Waals surface area contributed by atoms with Crippen molar-refractivity contribution in [2.75, 3.05) is 19.0 Å². The predicted octanol–water partition coefficient (Wildman–Crippen LogP) is 4.73. The molecule has 0 aliphatic rings. The number of amides is 1. The number of methoxy groups -OCH3 is 1. The third-order valence-electron chi connectivity index (χ3n) is 3.52. The van der Waals surface area contributed by atoms with Gasteiger partial charge in [-0.3, -0.25) is 4.79 Å². The second-order valence-electron chi connectivity index (χ2n) is 5.42. The summed E-state index contributed by atoms with van der Waals surface area (Å²) < 4.78 is 39.5. The molecule has 0 heterocycles. The molecule has 0 saturated heterocycles. The zero-order valence-corrected chi connectivity index (χ0v) is 14.6. The molecule has 0 aliphatic heterocycles. The number of carbonyl (C=O) groups is 1. The highest BCUT2D eigenvalue weighted by Crippen LogP contribution is 2.28. The van der Waals surface area contributed by atoms with E-state index in [9.17, 15) is 13.6 Å². The van der Waals surface area contributed by atoms with Crippen LogP contribution in [-0.2, 0) is 0 Å². The minimum atomic E-state index is -2.89. The first kappa shape index (κ1) is 19.5. The monoisotopic (exact) mass is 365 g/mol. The normalized spacial score (nSPS) is 10.5. The molecule has 7 heteroatoms. The zero-order chi connectivity index (χ0) is 18.9. The number of alkyl halides is 2. The maximum Gasteiger partial charge on any atom is 0.387 e. The summed E-state index contributed by atoms with van der Waals surface area (Å²) >= 11 is 0. The number of benzene rings is 2. The topological polar surface area (TPSA) is 56.8 Å². The maximum atomic E-state index is 12.4. The van der Waals surface area contributed by atoms with Crippen LogP contribution >= 0.6 is 0 Å². The number of rotatable bonds is 9. The number of anilines is 1. The van der Waals surface area contributed by atoms with E-state index in [1.807, 2.05) is 0 Å². The van der Waals surface area contributed by atoms with Crippen molar-refractivity contribution in [3.63, 3.8) is 0 Å². The zero-order valence-electron chi connectivity index (χ0n) is 14.6. The lowest BCUT2D eigenvalue weighted by Gasteiger charge is -2.12. The lowest BCUT2D eigenvalue weighted by molar-refractivity contribution is -0.0498. The molecule has 0 atom stereocenters. The number of ether oxygens (including phenoxy) is 3. The molecular formula is C19H21F2NO4. The molecule has 0 unspecified atom stereocenters. The van der Waals surface area contributed by atoms with Crippen LogP contribution in [0.25, 0.3) is 0 Å². The fourth-order valence-corrected chi connectivity index (χ4v) is 2.18. The first-order chi connectivity index (χ1) is 12.5. The van der Waals surface area contributed by atoms with Crippen molar-refractivity contribution in [3.8, 4) is 17.2 Å². The lowest BCUT2D eigenvalue weighted by Crippen LogP contribution is -2.12. The number of unbranched alkanes of at least 4 members (excludes halogenated alkanes) is 1.